The summed E-state index contributed by atoms with van der Waals surface area (Å²) >= 11 is 2.99. The Balaban J connectivity index is 3.20. The summed E-state index contributed by atoms with van der Waals surface area (Å²) in [4.78, 5) is 0. The summed E-state index contributed by atoms with van der Waals surface area (Å²) < 4.78 is 38.3. The number of hydrogen-bond acceptors (Lipinski definition) is 1. The van der Waals surface area contributed by atoms with Crippen LogP contribution in [0.25, 0.3) is 0 Å². The van der Waals surface area contributed by atoms with Crippen molar-refractivity contribution < 1.29 is 13.2 Å². The maximum absolute atomic E-state index is 12.4. The Hall–Kier alpha value is -0.520. The van der Waals surface area contributed by atoms with Gasteiger partial charge in [0.2, 0.25) is 0 Å². The number of nitrogens with zero attached hydrogens (tertiary/aromatic N) is 2. The second-order valence-electron chi connectivity index (χ2n) is 2.47. The van der Waals surface area contributed by atoms with Crippen LogP contribution in [0.4, 0.5) is 13.2 Å². The van der Waals surface area contributed by atoms with Gasteiger partial charge in [0.25, 0.3) is 0 Å². The SMILES string of the molecule is CCn1ncc(CBr)c1C(F)(F)F. The zero-order chi connectivity index (χ0) is 10.1. The summed E-state index contributed by atoms with van der Waals surface area (Å²) in [5.41, 5.74) is -0.485. The van der Waals surface area contributed by atoms with Crippen molar-refractivity contribution >= 4 is 15.9 Å². The highest BCUT2D eigenvalue weighted by atomic mass is 79.9. The highest BCUT2D eigenvalue weighted by molar-refractivity contribution is 9.08. The average Bonchev–Trinajstić information content (AvgIpc) is 2.45. The molecule has 1 heterocycles. The number of aryl methyl sites for hydroxylation is 1. The van der Waals surface area contributed by atoms with E-state index >= 15 is 0 Å². The molecule has 0 fully saturated rings. The van der Waals surface area contributed by atoms with Crippen LogP contribution in [0.15, 0.2) is 6.20 Å². The number of aromatic nitrogens is 2. The van der Waals surface area contributed by atoms with Gasteiger partial charge in [-0.15, -0.1) is 0 Å². The van der Waals surface area contributed by atoms with Crippen molar-refractivity contribution in [3.8, 4) is 0 Å². The van der Waals surface area contributed by atoms with E-state index in [-0.39, 0.29) is 17.4 Å². The molecular weight excluding hydrogens is 249 g/mol. The molecule has 0 aliphatic carbocycles. The minimum atomic E-state index is -4.32. The molecule has 13 heavy (non-hydrogen) atoms. The van der Waals surface area contributed by atoms with E-state index in [4.69, 9.17) is 0 Å². The molecule has 0 aliphatic heterocycles. The van der Waals surface area contributed by atoms with Gasteiger partial charge in [0, 0.05) is 17.4 Å². The Labute approximate surface area is 81.9 Å². The van der Waals surface area contributed by atoms with E-state index in [1.807, 2.05) is 0 Å². The zero-order valence-electron chi connectivity index (χ0n) is 6.90. The molecule has 74 valence electrons. The lowest BCUT2D eigenvalue weighted by Crippen LogP contribution is -2.15. The first-order chi connectivity index (χ1) is 6.00. The lowest BCUT2D eigenvalue weighted by Gasteiger charge is -2.09. The van der Waals surface area contributed by atoms with Crippen LogP contribution in [0.3, 0.4) is 0 Å². The van der Waals surface area contributed by atoms with Crippen molar-refractivity contribution in [3.05, 3.63) is 17.5 Å². The molecule has 0 saturated carbocycles. The largest absolute Gasteiger partial charge is 0.433 e. The monoisotopic (exact) mass is 256 g/mol. The third kappa shape index (κ3) is 2.04. The second-order valence-corrected chi connectivity index (χ2v) is 3.03. The second kappa shape index (κ2) is 3.69. The van der Waals surface area contributed by atoms with Crippen LogP contribution in [0.1, 0.15) is 18.2 Å². The summed E-state index contributed by atoms with van der Waals surface area (Å²) in [5, 5.41) is 3.81. The molecular formula is C7H8BrF3N2. The smallest absolute Gasteiger partial charge is 0.260 e. The van der Waals surface area contributed by atoms with Gasteiger partial charge in [0.1, 0.15) is 5.69 Å². The molecule has 0 bridgehead atoms. The maximum atomic E-state index is 12.4. The molecule has 0 atom stereocenters. The predicted octanol–water partition coefficient (Wildman–Crippen LogP) is 2.82. The number of rotatable bonds is 2. The first-order valence-corrected chi connectivity index (χ1v) is 4.80. The van der Waals surface area contributed by atoms with Crippen molar-refractivity contribution in [1.29, 1.82) is 0 Å². The van der Waals surface area contributed by atoms with Crippen molar-refractivity contribution in [2.45, 2.75) is 25.0 Å². The molecule has 0 saturated heterocycles. The molecule has 0 aromatic carbocycles. The zero-order valence-corrected chi connectivity index (χ0v) is 8.48. The van der Waals surface area contributed by atoms with E-state index in [0.29, 0.717) is 0 Å². The van der Waals surface area contributed by atoms with E-state index in [0.717, 1.165) is 4.68 Å². The summed E-state index contributed by atoms with van der Waals surface area (Å²) in [7, 11) is 0. The molecule has 0 amide bonds. The van der Waals surface area contributed by atoms with Gasteiger partial charge in [0.05, 0.1) is 6.20 Å². The van der Waals surface area contributed by atoms with Gasteiger partial charge in [-0.1, -0.05) is 15.9 Å². The third-order valence-electron chi connectivity index (χ3n) is 1.63. The van der Waals surface area contributed by atoms with Crippen LogP contribution < -0.4 is 0 Å². The Morgan fingerprint density at radius 2 is 2.15 bits per heavy atom. The van der Waals surface area contributed by atoms with Crippen LogP contribution in [-0.2, 0) is 18.1 Å². The molecule has 0 spiro atoms. The molecule has 0 unspecified atom stereocenters. The van der Waals surface area contributed by atoms with Gasteiger partial charge in [0.15, 0.2) is 0 Å². The minimum absolute atomic E-state index is 0.168. The topological polar surface area (TPSA) is 17.8 Å². The Bertz CT molecular complexity index is 271. The number of hydrogen-bond donors (Lipinski definition) is 0. The first-order valence-electron chi connectivity index (χ1n) is 3.68. The van der Waals surface area contributed by atoms with Gasteiger partial charge in [-0.2, -0.15) is 18.3 Å². The molecule has 6 heteroatoms. The lowest BCUT2D eigenvalue weighted by molar-refractivity contribution is -0.144. The van der Waals surface area contributed by atoms with Crippen LogP contribution in [0.2, 0.25) is 0 Å². The molecule has 2 nitrogen and oxygen atoms in total. The summed E-state index contributed by atoms with van der Waals surface area (Å²) in [6, 6.07) is 0. The standard InChI is InChI=1S/C7H8BrF3N2/c1-2-13-6(7(9,10)11)5(3-8)4-12-13/h4H,2-3H2,1H3. The van der Waals surface area contributed by atoms with Crippen LogP contribution in [0, 0.1) is 0 Å². The van der Waals surface area contributed by atoms with Crippen molar-refractivity contribution in [2.24, 2.45) is 0 Å². The van der Waals surface area contributed by atoms with Crippen LogP contribution in [0.5, 0.6) is 0 Å². The average molecular weight is 257 g/mol. The normalized spacial score (nSPS) is 12.1. The van der Waals surface area contributed by atoms with E-state index in [1.165, 1.54) is 6.20 Å². The molecule has 1 rings (SSSR count). The molecule has 1 aromatic rings. The van der Waals surface area contributed by atoms with Gasteiger partial charge < -0.3 is 0 Å². The number of alkyl halides is 4. The van der Waals surface area contributed by atoms with E-state index < -0.39 is 11.9 Å². The van der Waals surface area contributed by atoms with E-state index in [9.17, 15) is 13.2 Å². The lowest BCUT2D eigenvalue weighted by atomic mass is 10.2. The van der Waals surface area contributed by atoms with Crippen LogP contribution >= 0.6 is 15.9 Å². The van der Waals surface area contributed by atoms with Crippen LogP contribution in [-0.4, -0.2) is 9.78 Å². The fraction of sp³-hybridized carbons (Fsp3) is 0.571. The minimum Gasteiger partial charge on any atom is -0.260 e. The van der Waals surface area contributed by atoms with Crippen molar-refractivity contribution in [2.75, 3.05) is 0 Å². The summed E-state index contributed by atoms with van der Waals surface area (Å²) in [6.07, 6.45) is -3.09. The highest BCUT2D eigenvalue weighted by Crippen LogP contribution is 2.32. The summed E-state index contributed by atoms with van der Waals surface area (Å²) in [5.74, 6) is 0. The summed E-state index contributed by atoms with van der Waals surface area (Å²) in [6.45, 7) is 1.85. The van der Waals surface area contributed by atoms with Gasteiger partial charge in [-0.05, 0) is 6.92 Å². The van der Waals surface area contributed by atoms with Crippen molar-refractivity contribution in [3.63, 3.8) is 0 Å². The number of halogens is 4. The molecule has 0 radical (unpaired) electrons. The Morgan fingerprint density at radius 3 is 2.54 bits per heavy atom. The van der Waals surface area contributed by atoms with E-state index in [2.05, 4.69) is 21.0 Å². The third-order valence-corrected chi connectivity index (χ3v) is 2.23. The first kappa shape index (κ1) is 10.6. The van der Waals surface area contributed by atoms with Gasteiger partial charge in [-0.3, -0.25) is 4.68 Å². The van der Waals surface area contributed by atoms with Gasteiger partial charge >= 0.3 is 6.18 Å². The molecule has 0 N–H and O–H groups in total. The highest BCUT2D eigenvalue weighted by Gasteiger charge is 2.37. The van der Waals surface area contributed by atoms with Crippen molar-refractivity contribution in [1.82, 2.24) is 9.78 Å². The fourth-order valence-electron chi connectivity index (χ4n) is 1.09. The van der Waals surface area contributed by atoms with E-state index in [1.54, 1.807) is 6.92 Å². The predicted molar refractivity (Wildman–Crippen MR) is 45.5 cm³/mol. The quantitative estimate of drug-likeness (QED) is 0.745. The fourth-order valence-corrected chi connectivity index (χ4v) is 1.50. The van der Waals surface area contributed by atoms with Gasteiger partial charge in [-0.25, -0.2) is 0 Å². The Morgan fingerprint density at radius 1 is 1.54 bits per heavy atom. The molecule has 1 aromatic heterocycles. The maximum Gasteiger partial charge on any atom is 0.433 e. The molecule has 0 aliphatic rings. The Kier molecular flexibility index (Phi) is 3.00.